The van der Waals surface area contributed by atoms with E-state index in [2.05, 4.69) is 108 Å². The van der Waals surface area contributed by atoms with Gasteiger partial charge in [0, 0.05) is 27.4 Å². The van der Waals surface area contributed by atoms with E-state index in [4.69, 9.17) is 13.8 Å². The first-order valence-electron chi connectivity index (χ1n) is 14.5. The molecule has 0 bridgehead atoms. The first kappa shape index (κ1) is 22.8. The van der Waals surface area contributed by atoms with Gasteiger partial charge < -0.3 is 13.4 Å². The van der Waals surface area contributed by atoms with Crippen molar-refractivity contribution in [2.24, 2.45) is 0 Å². The van der Waals surface area contributed by atoms with Crippen LogP contribution in [0.3, 0.4) is 0 Å². The third-order valence-corrected chi connectivity index (χ3v) is 8.82. The number of hydrogen-bond acceptors (Lipinski definition) is 3. The van der Waals surface area contributed by atoms with E-state index in [0.29, 0.717) is 5.89 Å². The van der Waals surface area contributed by atoms with E-state index in [1.807, 2.05) is 30.3 Å². The number of aromatic nitrogens is 2. The summed E-state index contributed by atoms with van der Waals surface area (Å²) in [4.78, 5) is 4.96. The molecule has 0 saturated heterocycles. The van der Waals surface area contributed by atoms with Crippen LogP contribution in [0.5, 0.6) is 0 Å². The van der Waals surface area contributed by atoms with Crippen molar-refractivity contribution in [1.82, 2.24) is 9.55 Å². The van der Waals surface area contributed by atoms with Crippen LogP contribution in [0, 0.1) is 0 Å². The smallest absolute Gasteiger partial charge is 0.227 e. The lowest BCUT2D eigenvalue weighted by Crippen LogP contribution is -1.94. The van der Waals surface area contributed by atoms with Gasteiger partial charge >= 0.3 is 0 Å². The maximum Gasteiger partial charge on any atom is 0.227 e. The summed E-state index contributed by atoms with van der Waals surface area (Å²) < 4.78 is 14.7. The molecular formula is C39H22N2O2. The van der Waals surface area contributed by atoms with Crippen LogP contribution in [0.1, 0.15) is 0 Å². The zero-order valence-corrected chi connectivity index (χ0v) is 22.9. The van der Waals surface area contributed by atoms with E-state index < -0.39 is 0 Å². The normalized spacial score (nSPS) is 12.2. The molecule has 4 heteroatoms. The third kappa shape index (κ3) is 3.12. The standard InChI is InChI=1S/C39H22N2O2/c1-3-9-27-23(7-1)15-19-30-35(27)36-28-10-4-2-8-24(28)16-20-31(36)41(30)26-17-13-25(14-18-26)39-40-38-34(43-39)22-21-33-37(38)29-11-5-6-12-32(29)42-33/h1-22H. The van der Waals surface area contributed by atoms with Crippen molar-refractivity contribution < 1.29 is 8.83 Å². The predicted octanol–water partition coefficient (Wildman–Crippen LogP) is 10.8. The second-order valence-electron chi connectivity index (χ2n) is 11.1. The van der Waals surface area contributed by atoms with E-state index in [9.17, 15) is 0 Å². The van der Waals surface area contributed by atoms with Crippen LogP contribution in [-0.2, 0) is 0 Å². The Morgan fingerprint density at radius 2 is 1.05 bits per heavy atom. The SMILES string of the molecule is c1ccc2c(c1)ccc1c2c2c3ccccc3ccc2n1-c1ccc(-c2nc3c(ccc4oc5ccccc5c43)o2)cc1. The Morgan fingerprint density at radius 1 is 0.442 bits per heavy atom. The number of hydrogen-bond donors (Lipinski definition) is 0. The Hall–Kier alpha value is -5.87. The van der Waals surface area contributed by atoms with Crippen LogP contribution in [-0.4, -0.2) is 9.55 Å². The summed E-state index contributed by atoms with van der Waals surface area (Å²) in [6.45, 7) is 0. The summed E-state index contributed by atoms with van der Waals surface area (Å²) in [7, 11) is 0. The van der Waals surface area contributed by atoms with Crippen molar-refractivity contribution in [1.29, 1.82) is 0 Å². The Kier molecular flexibility index (Phi) is 4.42. The Balaban J connectivity index is 1.19. The van der Waals surface area contributed by atoms with Gasteiger partial charge in [0.1, 0.15) is 16.7 Å². The molecule has 0 atom stereocenters. The summed E-state index contributed by atoms with van der Waals surface area (Å²) in [6, 6.07) is 46.8. The Bertz CT molecular complexity index is 2630. The van der Waals surface area contributed by atoms with Gasteiger partial charge in [0.25, 0.3) is 0 Å². The molecule has 0 aliphatic rings. The van der Waals surface area contributed by atoms with Gasteiger partial charge in [-0.15, -0.1) is 0 Å². The molecular weight excluding hydrogens is 528 g/mol. The number of para-hydroxylation sites is 1. The summed E-state index contributed by atoms with van der Waals surface area (Å²) in [5.41, 5.74) is 7.64. The molecule has 0 radical (unpaired) electrons. The molecule has 4 nitrogen and oxygen atoms in total. The topological polar surface area (TPSA) is 44.1 Å². The lowest BCUT2D eigenvalue weighted by atomic mass is 10.00. The second kappa shape index (κ2) is 8.34. The summed E-state index contributed by atoms with van der Waals surface area (Å²) in [5, 5.41) is 9.62. The largest absolute Gasteiger partial charge is 0.456 e. The van der Waals surface area contributed by atoms with Gasteiger partial charge in [0.15, 0.2) is 5.58 Å². The molecule has 3 heterocycles. The molecule has 0 aliphatic heterocycles. The van der Waals surface area contributed by atoms with Gasteiger partial charge in [0.05, 0.1) is 16.4 Å². The third-order valence-electron chi connectivity index (χ3n) is 8.82. The highest BCUT2D eigenvalue weighted by molar-refractivity contribution is 6.28. The lowest BCUT2D eigenvalue weighted by Gasteiger charge is -2.09. The van der Waals surface area contributed by atoms with Crippen LogP contribution in [0.4, 0.5) is 0 Å². The number of benzene rings is 7. The quantitative estimate of drug-likeness (QED) is 0.215. The molecule has 3 aromatic heterocycles. The van der Waals surface area contributed by atoms with Gasteiger partial charge in [-0.3, -0.25) is 0 Å². The number of nitrogens with zero attached hydrogens (tertiary/aromatic N) is 2. The van der Waals surface area contributed by atoms with Gasteiger partial charge in [-0.25, -0.2) is 4.98 Å². The van der Waals surface area contributed by atoms with E-state index >= 15 is 0 Å². The first-order chi connectivity index (χ1) is 21.3. The average Bonchev–Trinajstić information content (AvgIpc) is 3.76. The summed E-state index contributed by atoms with van der Waals surface area (Å²) >= 11 is 0. The van der Waals surface area contributed by atoms with Gasteiger partial charge in [-0.2, -0.15) is 0 Å². The van der Waals surface area contributed by atoms with E-state index in [1.165, 1.54) is 43.4 Å². The Labute approximate surface area is 245 Å². The average molecular weight is 551 g/mol. The van der Waals surface area contributed by atoms with Crippen molar-refractivity contribution in [3.8, 4) is 17.1 Å². The van der Waals surface area contributed by atoms with Gasteiger partial charge in [0.2, 0.25) is 5.89 Å². The maximum atomic E-state index is 6.29. The zero-order valence-electron chi connectivity index (χ0n) is 22.9. The van der Waals surface area contributed by atoms with Crippen molar-refractivity contribution in [2.45, 2.75) is 0 Å². The van der Waals surface area contributed by atoms with Crippen molar-refractivity contribution in [3.05, 3.63) is 133 Å². The second-order valence-corrected chi connectivity index (χ2v) is 11.1. The molecule has 10 aromatic rings. The van der Waals surface area contributed by atoms with Crippen LogP contribution in [0.25, 0.3) is 93.5 Å². The van der Waals surface area contributed by atoms with Crippen LogP contribution >= 0.6 is 0 Å². The molecule has 0 amide bonds. The minimum Gasteiger partial charge on any atom is -0.456 e. The Morgan fingerprint density at radius 3 is 1.74 bits per heavy atom. The number of oxazole rings is 1. The molecule has 43 heavy (non-hydrogen) atoms. The van der Waals surface area contributed by atoms with Crippen LogP contribution in [0.2, 0.25) is 0 Å². The van der Waals surface area contributed by atoms with Crippen LogP contribution in [0.15, 0.2) is 142 Å². The first-order valence-corrected chi connectivity index (χ1v) is 14.5. The van der Waals surface area contributed by atoms with Crippen molar-refractivity contribution >= 4 is 76.4 Å². The fourth-order valence-corrected chi connectivity index (χ4v) is 6.90. The van der Waals surface area contributed by atoms with Gasteiger partial charge in [-0.05, 0) is 76.1 Å². The predicted molar refractivity (Wildman–Crippen MR) is 176 cm³/mol. The van der Waals surface area contributed by atoms with Gasteiger partial charge in [-0.1, -0.05) is 78.9 Å². The number of fused-ring (bicyclic) bond motifs is 12. The minimum absolute atomic E-state index is 0.596. The highest BCUT2D eigenvalue weighted by Crippen LogP contribution is 2.41. The molecule has 200 valence electrons. The zero-order chi connectivity index (χ0) is 28.1. The molecule has 0 N–H and O–H groups in total. The highest BCUT2D eigenvalue weighted by Gasteiger charge is 2.19. The van der Waals surface area contributed by atoms with E-state index in [-0.39, 0.29) is 0 Å². The van der Waals surface area contributed by atoms with Crippen molar-refractivity contribution in [2.75, 3.05) is 0 Å². The fraction of sp³-hybridized carbons (Fsp3) is 0. The molecule has 7 aromatic carbocycles. The molecule has 0 unspecified atom stereocenters. The summed E-state index contributed by atoms with van der Waals surface area (Å²) in [6.07, 6.45) is 0. The van der Waals surface area contributed by atoms with Crippen LogP contribution < -0.4 is 0 Å². The number of furan rings is 1. The number of rotatable bonds is 2. The summed E-state index contributed by atoms with van der Waals surface area (Å²) in [5.74, 6) is 0.596. The molecule has 0 saturated carbocycles. The van der Waals surface area contributed by atoms with E-state index in [0.717, 1.165) is 44.3 Å². The fourth-order valence-electron chi connectivity index (χ4n) is 6.90. The maximum absolute atomic E-state index is 6.29. The molecule has 0 spiro atoms. The van der Waals surface area contributed by atoms with E-state index in [1.54, 1.807) is 0 Å². The van der Waals surface area contributed by atoms with Crippen molar-refractivity contribution in [3.63, 3.8) is 0 Å². The molecule has 10 rings (SSSR count). The highest BCUT2D eigenvalue weighted by atomic mass is 16.4. The molecule has 0 fully saturated rings. The monoisotopic (exact) mass is 550 g/mol. The minimum atomic E-state index is 0.596. The molecule has 0 aliphatic carbocycles. The lowest BCUT2D eigenvalue weighted by molar-refractivity contribution is 0.619.